The Morgan fingerprint density at radius 3 is 2.20 bits per heavy atom. The molecule has 1 aliphatic rings. The first-order valence-electron chi connectivity index (χ1n) is 5.47. The van der Waals surface area contributed by atoms with E-state index in [9.17, 15) is 19.2 Å². The van der Waals surface area contributed by atoms with E-state index in [1.165, 1.54) is 6.07 Å². The second kappa shape index (κ2) is 4.96. The third kappa shape index (κ3) is 2.16. The highest BCUT2D eigenvalue weighted by molar-refractivity contribution is 6.28. The number of carboxylic acids is 1. The number of aromatic carboxylic acids is 1. The van der Waals surface area contributed by atoms with Gasteiger partial charge in [-0.15, -0.1) is 0 Å². The summed E-state index contributed by atoms with van der Waals surface area (Å²) in [4.78, 5) is 46.5. The highest BCUT2D eigenvalue weighted by atomic mass is 16.5. The summed E-state index contributed by atoms with van der Waals surface area (Å²) in [5.41, 5.74) is -0.395. The van der Waals surface area contributed by atoms with Crippen LogP contribution in [-0.2, 0) is 14.3 Å². The molecule has 0 saturated heterocycles. The van der Waals surface area contributed by atoms with Gasteiger partial charge < -0.3 is 9.84 Å². The molecule has 0 saturated carbocycles. The summed E-state index contributed by atoms with van der Waals surface area (Å²) in [5.74, 6) is -3.30. The predicted molar refractivity (Wildman–Crippen MR) is 66.4 cm³/mol. The van der Waals surface area contributed by atoms with Gasteiger partial charge in [-0.3, -0.25) is 9.59 Å². The molecule has 20 heavy (non-hydrogen) atoms. The number of ether oxygens (including phenoxy) is 1. The average molecular weight is 275 g/mol. The van der Waals surface area contributed by atoms with Crippen LogP contribution in [-0.4, -0.2) is 36.0 Å². The first kappa shape index (κ1) is 13.5. The highest BCUT2D eigenvalue weighted by Gasteiger charge is 2.27. The van der Waals surface area contributed by atoms with Crippen LogP contribution in [0.15, 0.2) is 30.4 Å². The van der Waals surface area contributed by atoms with Gasteiger partial charge in [0.25, 0.3) is 11.8 Å². The second-order valence-electron chi connectivity index (χ2n) is 3.87. The van der Waals surface area contributed by atoms with E-state index in [-0.39, 0.29) is 16.8 Å². The van der Waals surface area contributed by atoms with Gasteiger partial charge in [0.05, 0.1) is 23.9 Å². The molecule has 2 amide bonds. The zero-order chi connectivity index (χ0) is 14.9. The van der Waals surface area contributed by atoms with E-state index in [0.29, 0.717) is 0 Å². The minimum Gasteiger partial charge on any atom is -0.478 e. The molecule has 1 aromatic carbocycles. The number of carbonyl (C=O) groups excluding carboxylic acids is 3. The molecule has 1 aromatic rings. The number of carboxylic acid groups (broad SMARTS) is 1. The molecule has 7 nitrogen and oxygen atoms in total. The Bertz CT molecular complexity index is 643. The van der Waals surface area contributed by atoms with Gasteiger partial charge in [0.2, 0.25) is 0 Å². The molecule has 0 aliphatic carbocycles. The van der Waals surface area contributed by atoms with Crippen molar-refractivity contribution in [1.29, 1.82) is 0 Å². The predicted octanol–water partition coefficient (Wildman–Crippen LogP) is 0.601. The average Bonchev–Trinajstić information content (AvgIpc) is 2.76. The molecular formula is C13H9NO6. The minimum absolute atomic E-state index is 0.107. The molecule has 0 bridgehead atoms. The smallest absolute Gasteiger partial charge is 0.338 e. The summed E-state index contributed by atoms with van der Waals surface area (Å²) < 4.78 is 4.49. The third-order valence-electron chi connectivity index (χ3n) is 2.71. The van der Waals surface area contributed by atoms with Gasteiger partial charge >= 0.3 is 11.9 Å². The number of benzene rings is 1. The normalized spacial score (nSPS) is 13.8. The Hall–Kier alpha value is -2.96. The monoisotopic (exact) mass is 275 g/mol. The van der Waals surface area contributed by atoms with Crippen LogP contribution in [0.5, 0.6) is 0 Å². The van der Waals surface area contributed by atoms with Crippen LogP contribution >= 0.6 is 0 Å². The molecule has 1 N–H and O–H groups in total. The lowest BCUT2D eigenvalue weighted by Gasteiger charge is -2.15. The molecule has 0 atom stereocenters. The Labute approximate surface area is 113 Å². The van der Waals surface area contributed by atoms with Crippen molar-refractivity contribution in [2.75, 3.05) is 12.0 Å². The van der Waals surface area contributed by atoms with E-state index in [2.05, 4.69) is 4.74 Å². The number of hydrogen-bond donors (Lipinski definition) is 1. The van der Waals surface area contributed by atoms with Gasteiger partial charge in [0.1, 0.15) is 0 Å². The Morgan fingerprint density at radius 2 is 1.70 bits per heavy atom. The van der Waals surface area contributed by atoms with Crippen molar-refractivity contribution in [3.8, 4) is 0 Å². The number of nitrogens with zero attached hydrogens (tertiary/aromatic N) is 1. The van der Waals surface area contributed by atoms with E-state index in [0.717, 1.165) is 36.3 Å². The van der Waals surface area contributed by atoms with E-state index >= 15 is 0 Å². The molecule has 0 spiro atoms. The van der Waals surface area contributed by atoms with Gasteiger partial charge in [0, 0.05) is 12.2 Å². The number of hydrogen-bond acceptors (Lipinski definition) is 5. The Balaban J connectivity index is 2.53. The summed E-state index contributed by atoms with van der Waals surface area (Å²) in [6.45, 7) is 0. The summed E-state index contributed by atoms with van der Waals surface area (Å²) in [5, 5.41) is 9.00. The molecule has 1 heterocycles. The second-order valence-corrected chi connectivity index (χ2v) is 3.87. The molecule has 0 fully saturated rings. The number of methoxy groups -OCH3 is 1. The molecule has 1 aliphatic heterocycles. The van der Waals surface area contributed by atoms with Crippen LogP contribution in [0.1, 0.15) is 20.7 Å². The number of anilines is 1. The van der Waals surface area contributed by atoms with E-state index < -0.39 is 23.8 Å². The van der Waals surface area contributed by atoms with Gasteiger partial charge in [0.15, 0.2) is 0 Å². The summed E-state index contributed by atoms with van der Waals surface area (Å²) >= 11 is 0. The number of carbonyl (C=O) groups is 4. The number of esters is 1. The summed E-state index contributed by atoms with van der Waals surface area (Å²) in [6.07, 6.45) is 2.18. The first-order chi connectivity index (χ1) is 9.45. The SMILES string of the molecule is COC(=O)c1cc(N2C(=O)C=CC2=O)ccc1C(=O)O. The topological polar surface area (TPSA) is 101 Å². The molecule has 0 aromatic heterocycles. The lowest BCUT2D eigenvalue weighted by Crippen LogP contribution is -2.30. The van der Waals surface area contributed by atoms with Crippen LogP contribution in [0.2, 0.25) is 0 Å². The van der Waals surface area contributed by atoms with Crippen LogP contribution < -0.4 is 4.90 Å². The molecule has 102 valence electrons. The van der Waals surface area contributed by atoms with Crippen LogP contribution in [0.25, 0.3) is 0 Å². The molecule has 7 heteroatoms. The highest BCUT2D eigenvalue weighted by Crippen LogP contribution is 2.23. The number of imide groups is 1. The fourth-order valence-electron chi connectivity index (χ4n) is 1.79. The molecule has 0 unspecified atom stereocenters. The lowest BCUT2D eigenvalue weighted by atomic mass is 10.1. The van der Waals surface area contributed by atoms with Crippen molar-refractivity contribution in [3.63, 3.8) is 0 Å². The first-order valence-corrected chi connectivity index (χ1v) is 5.47. The maximum atomic E-state index is 11.6. The van der Waals surface area contributed by atoms with Crippen molar-refractivity contribution < 1.29 is 29.0 Å². The quantitative estimate of drug-likeness (QED) is 0.640. The maximum Gasteiger partial charge on any atom is 0.338 e. The molecule has 0 radical (unpaired) electrons. The largest absolute Gasteiger partial charge is 0.478 e. The Morgan fingerprint density at radius 1 is 1.10 bits per heavy atom. The van der Waals surface area contributed by atoms with Crippen molar-refractivity contribution in [2.45, 2.75) is 0 Å². The van der Waals surface area contributed by atoms with Crippen molar-refractivity contribution in [1.82, 2.24) is 0 Å². The molecule has 2 rings (SSSR count). The van der Waals surface area contributed by atoms with Crippen molar-refractivity contribution in [2.24, 2.45) is 0 Å². The maximum absolute atomic E-state index is 11.6. The minimum atomic E-state index is -1.31. The van der Waals surface area contributed by atoms with E-state index in [1.807, 2.05) is 0 Å². The van der Waals surface area contributed by atoms with Gasteiger partial charge in [-0.2, -0.15) is 0 Å². The third-order valence-corrected chi connectivity index (χ3v) is 2.71. The summed E-state index contributed by atoms with van der Waals surface area (Å²) in [7, 11) is 1.11. The Kier molecular flexibility index (Phi) is 3.34. The zero-order valence-electron chi connectivity index (χ0n) is 10.3. The van der Waals surface area contributed by atoms with Gasteiger partial charge in [-0.05, 0) is 18.2 Å². The lowest BCUT2D eigenvalue weighted by molar-refractivity contribution is -0.120. The standard InChI is InChI=1S/C13H9NO6/c1-20-13(19)9-6-7(2-3-8(9)12(17)18)14-10(15)4-5-11(14)16/h2-6H,1H3,(H,17,18). The van der Waals surface area contributed by atoms with Crippen LogP contribution in [0.4, 0.5) is 5.69 Å². The van der Waals surface area contributed by atoms with Crippen molar-refractivity contribution in [3.05, 3.63) is 41.5 Å². The fourth-order valence-corrected chi connectivity index (χ4v) is 1.79. The zero-order valence-corrected chi connectivity index (χ0v) is 10.3. The molecular weight excluding hydrogens is 266 g/mol. The van der Waals surface area contributed by atoms with Crippen molar-refractivity contribution >= 4 is 29.4 Å². The van der Waals surface area contributed by atoms with Gasteiger partial charge in [-0.25, -0.2) is 14.5 Å². The number of amides is 2. The number of rotatable bonds is 3. The summed E-state index contributed by atoms with van der Waals surface area (Å²) in [6, 6.07) is 3.56. The van der Waals surface area contributed by atoms with Crippen LogP contribution in [0.3, 0.4) is 0 Å². The fraction of sp³-hybridized carbons (Fsp3) is 0.0769. The van der Waals surface area contributed by atoms with Crippen LogP contribution in [0, 0.1) is 0 Å². The van der Waals surface area contributed by atoms with E-state index in [4.69, 9.17) is 5.11 Å². The van der Waals surface area contributed by atoms with E-state index in [1.54, 1.807) is 0 Å². The van der Waals surface area contributed by atoms with Gasteiger partial charge in [-0.1, -0.05) is 0 Å².